The van der Waals surface area contributed by atoms with E-state index in [9.17, 15) is 5.26 Å². The van der Waals surface area contributed by atoms with E-state index < -0.39 is 0 Å². The molecule has 1 N–H and O–H groups in total. The highest BCUT2D eigenvalue weighted by atomic mass is 32.1. The van der Waals surface area contributed by atoms with Crippen molar-refractivity contribution < 1.29 is 4.90 Å². The number of nitriles is 1. The van der Waals surface area contributed by atoms with Crippen molar-refractivity contribution in [1.82, 2.24) is 4.57 Å². The Balaban J connectivity index is 2.29. The number of aryl methyl sites for hydroxylation is 2. The molecule has 0 spiro atoms. The Hall–Kier alpha value is -1.96. The summed E-state index contributed by atoms with van der Waals surface area (Å²) in [6, 6.07) is 14.8. The van der Waals surface area contributed by atoms with E-state index in [2.05, 4.69) is 48.7 Å². The Labute approximate surface area is 137 Å². The minimum absolute atomic E-state index is 0.621. The number of benzene rings is 1. The van der Waals surface area contributed by atoms with Gasteiger partial charge in [-0.25, -0.2) is 0 Å². The van der Waals surface area contributed by atoms with E-state index in [-0.39, 0.29) is 0 Å². The molecule has 0 saturated carbocycles. The highest BCUT2D eigenvalue weighted by Gasteiger charge is 2.13. The molecule has 0 radical (unpaired) electrons. The lowest BCUT2D eigenvalue weighted by molar-refractivity contribution is -0.934. The number of rotatable bonds is 5. The minimum Gasteiger partial charge on any atom is -0.314 e. The van der Waals surface area contributed by atoms with Crippen LogP contribution >= 0.6 is 12.2 Å². The first-order valence-electron chi connectivity index (χ1n) is 7.55. The molecular formula is C18H22N3S+. The van der Waals surface area contributed by atoms with Gasteiger partial charge in [0, 0.05) is 11.3 Å². The van der Waals surface area contributed by atoms with Gasteiger partial charge >= 0.3 is 0 Å². The largest absolute Gasteiger partial charge is 0.314 e. The van der Waals surface area contributed by atoms with Gasteiger partial charge < -0.3 is 4.90 Å². The monoisotopic (exact) mass is 312 g/mol. The molecule has 0 aliphatic heterocycles. The number of nitrogens with zero attached hydrogens (tertiary/aromatic N) is 2. The fourth-order valence-corrected chi connectivity index (χ4v) is 3.08. The number of quaternary nitrogens is 1. The molecule has 1 aromatic carbocycles. The summed E-state index contributed by atoms with van der Waals surface area (Å²) in [5.74, 6) is 0. The molecule has 114 valence electrons. The zero-order valence-electron chi connectivity index (χ0n) is 13.4. The van der Waals surface area contributed by atoms with Gasteiger partial charge in [0.15, 0.2) is 6.67 Å². The molecule has 0 saturated heterocycles. The van der Waals surface area contributed by atoms with E-state index in [1.165, 1.54) is 10.5 Å². The molecule has 0 bridgehead atoms. The van der Waals surface area contributed by atoms with E-state index in [4.69, 9.17) is 12.2 Å². The van der Waals surface area contributed by atoms with E-state index >= 15 is 0 Å². The molecule has 1 unspecified atom stereocenters. The molecule has 0 fully saturated rings. The summed E-state index contributed by atoms with van der Waals surface area (Å²) >= 11 is 5.52. The number of aromatic nitrogens is 1. The van der Waals surface area contributed by atoms with Gasteiger partial charge in [0.2, 0.25) is 0 Å². The predicted octanol–water partition coefficient (Wildman–Crippen LogP) is 2.77. The first-order valence-corrected chi connectivity index (χ1v) is 7.96. The van der Waals surface area contributed by atoms with Gasteiger partial charge in [-0.05, 0) is 32.4 Å². The van der Waals surface area contributed by atoms with E-state index in [0.29, 0.717) is 10.2 Å². The highest BCUT2D eigenvalue weighted by Crippen LogP contribution is 2.12. The predicted molar refractivity (Wildman–Crippen MR) is 91.1 cm³/mol. The fraction of sp³-hybridized carbons (Fsp3) is 0.333. The zero-order chi connectivity index (χ0) is 16.1. The molecule has 1 aromatic heterocycles. The van der Waals surface area contributed by atoms with Crippen LogP contribution < -0.4 is 4.90 Å². The lowest BCUT2D eigenvalue weighted by Gasteiger charge is -2.21. The molecule has 1 atom stereocenters. The average Bonchev–Trinajstić information content (AvgIpc) is 2.51. The second kappa shape index (κ2) is 7.35. The summed E-state index contributed by atoms with van der Waals surface area (Å²) in [6.45, 7) is 8.92. The van der Waals surface area contributed by atoms with E-state index in [1.54, 1.807) is 0 Å². The molecule has 0 aliphatic carbocycles. The van der Waals surface area contributed by atoms with Crippen LogP contribution in [-0.2, 0) is 13.2 Å². The van der Waals surface area contributed by atoms with Gasteiger partial charge in [-0.15, -0.1) is 0 Å². The molecule has 2 rings (SSSR count). The molecule has 2 aromatic rings. The lowest BCUT2D eigenvalue weighted by atomic mass is 10.1. The normalized spacial score (nSPS) is 11.9. The summed E-state index contributed by atoms with van der Waals surface area (Å²) in [7, 11) is 0. The van der Waals surface area contributed by atoms with Crippen molar-refractivity contribution in [3.8, 4) is 6.07 Å². The second-order valence-corrected chi connectivity index (χ2v) is 6.00. The van der Waals surface area contributed by atoms with E-state index in [1.807, 2.05) is 19.1 Å². The van der Waals surface area contributed by atoms with Crippen LogP contribution in [-0.4, -0.2) is 11.1 Å². The summed E-state index contributed by atoms with van der Waals surface area (Å²) in [5, 5.41) is 9.30. The molecule has 22 heavy (non-hydrogen) atoms. The molecule has 0 aliphatic rings. The first kappa shape index (κ1) is 16.4. The molecular weight excluding hydrogens is 290 g/mol. The van der Waals surface area contributed by atoms with Crippen molar-refractivity contribution in [2.24, 2.45) is 0 Å². The summed E-state index contributed by atoms with van der Waals surface area (Å²) < 4.78 is 2.74. The summed E-state index contributed by atoms with van der Waals surface area (Å²) in [6.07, 6.45) is 0. The molecule has 3 nitrogen and oxygen atoms in total. The highest BCUT2D eigenvalue weighted by molar-refractivity contribution is 7.71. The molecule has 4 heteroatoms. The molecule has 0 amide bonds. The maximum atomic E-state index is 9.30. The van der Waals surface area contributed by atoms with Crippen LogP contribution in [0.15, 0.2) is 36.4 Å². The third-order valence-corrected chi connectivity index (χ3v) is 4.42. The molecule has 1 heterocycles. The SMILES string of the molecule is CC[NH+](Cc1ccccc1)Cn1c(C)cc(C)c(C#N)c1=S. The summed E-state index contributed by atoms with van der Waals surface area (Å²) in [4.78, 5) is 1.41. The Bertz CT molecular complexity index is 741. The second-order valence-electron chi connectivity index (χ2n) is 5.61. The van der Waals surface area contributed by atoms with Crippen LogP contribution in [0.25, 0.3) is 0 Å². The van der Waals surface area contributed by atoms with Crippen molar-refractivity contribution in [3.63, 3.8) is 0 Å². The van der Waals surface area contributed by atoms with Gasteiger partial charge in [0.05, 0.1) is 12.1 Å². The smallest absolute Gasteiger partial charge is 0.157 e. The zero-order valence-corrected chi connectivity index (χ0v) is 14.2. The van der Waals surface area contributed by atoms with Crippen LogP contribution in [0.4, 0.5) is 0 Å². The maximum absolute atomic E-state index is 9.30. The average molecular weight is 312 g/mol. The van der Waals surface area contributed by atoms with Crippen LogP contribution in [0.3, 0.4) is 0 Å². The van der Waals surface area contributed by atoms with Crippen LogP contribution in [0.5, 0.6) is 0 Å². The number of nitrogens with one attached hydrogen (secondary N) is 1. The van der Waals surface area contributed by atoms with Crippen molar-refractivity contribution in [1.29, 1.82) is 5.26 Å². The Morgan fingerprint density at radius 1 is 1.23 bits per heavy atom. The number of pyridine rings is 1. The Kier molecular flexibility index (Phi) is 5.48. The topological polar surface area (TPSA) is 33.2 Å². The van der Waals surface area contributed by atoms with Crippen molar-refractivity contribution in [2.75, 3.05) is 6.54 Å². The third kappa shape index (κ3) is 3.62. The van der Waals surface area contributed by atoms with Crippen molar-refractivity contribution in [3.05, 3.63) is 63.4 Å². The quantitative estimate of drug-likeness (QED) is 0.861. The fourth-order valence-electron chi connectivity index (χ4n) is 2.66. The lowest BCUT2D eigenvalue weighted by Crippen LogP contribution is -3.09. The van der Waals surface area contributed by atoms with Crippen LogP contribution in [0, 0.1) is 29.8 Å². The first-order chi connectivity index (χ1) is 10.6. The maximum Gasteiger partial charge on any atom is 0.157 e. The van der Waals surface area contributed by atoms with Gasteiger partial charge in [-0.3, -0.25) is 4.57 Å². The number of hydrogen-bond donors (Lipinski definition) is 1. The van der Waals surface area contributed by atoms with Crippen molar-refractivity contribution in [2.45, 2.75) is 34.0 Å². The van der Waals surface area contributed by atoms with Crippen LogP contribution in [0.1, 0.15) is 29.3 Å². The standard InChI is InChI=1S/C18H21N3S/c1-4-20(12-16-8-6-5-7-9-16)13-21-15(3)10-14(2)17(11-19)18(21)22/h5-10H,4,12-13H2,1-3H3/p+1. The Morgan fingerprint density at radius 3 is 2.50 bits per heavy atom. The van der Waals surface area contributed by atoms with Gasteiger partial charge in [0.1, 0.15) is 17.3 Å². The summed E-state index contributed by atoms with van der Waals surface area (Å²) in [5.41, 5.74) is 4.01. The van der Waals surface area contributed by atoms with Gasteiger partial charge in [0.25, 0.3) is 0 Å². The van der Waals surface area contributed by atoms with Crippen LogP contribution in [0.2, 0.25) is 0 Å². The third-order valence-electron chi connectivity index (χ3n) is 3.99. The number of hydrogen-bond acceptors (Lipinski definition) is 2. The van der Waals surface area contributed by atoms with Crippen molar-refractivity contribution >= 4 is 12.2 Å². The van der Waals surface area contributed by atoms with Gasteiger partial charge in [-0.2, -0.15) is 5.26 Å². The Morgan fingerprint density at radius 2 is 1.91 bits per heavy atom. The van der Waals surface area contributed by atoms with E-state index in [0.717, 1.165) is 31.0 Å². The minimum atomic E-state index is 0.621. The van der Waals surface area contributed by atoms with Gasteiger partial charge in [-0.1, -0.05) is 42.5 Å².